The molecule has 5 heteroatoms. The first kappa shape index (κ1) is 10.6. The number of rotatable bonds is 1. The molecule has 0 saturated carbocycles. The van der Waals surface area contributed by atoms with Gasteiger partial charge < -0.3 is 5.32 Å². The third kappa shape index (κ3) is 1.90. The lowest BCUT2D eigenvalue weighted by molar-refractivity contribution is 0.587. The van der Waals surface area contributed by atoms with Crippen LogP contribution in [0.3, 0.4) is 0 Å². The van der Waals surface area contributed by atoms with E-state index in [1.165, 1.54) is 6.07 Å². The molecular weight excluding hydrogens is 212 g/mol. The van der Waals surface area contributed by atoms with E-state index in [0.29, 0.717) is 6.54 Å². The molecule has 1 aliphatic heterocycles. The molecule has 15 heavy (non-hydrogen) atoms. The molecule has 2 N–H and O–H groups in total. The third-order valence-electron chi connectivity index (χ3n) is 2.77. The van der Waals surface area contributed by atoms with Gasteiger partial charge >= 0.3 is 0 Å². The standard InChI is InChI=1S/C10H13N2O2S/c1-7-2-3-10(15(11,13)14)9-6-12-5-4-8(7)9/h2-3,11-12H,4-6H2,1H3. The van der Waals surface area contributed by atoms with Gasteiger partial charge in [0.2, 0.25) is 0 Å². The first-order valence-corrected chi connectivity index (χ1v) is 6.30. The summed E-state index contributed by atoms with van der Waals surface area (Å²) in [6, 6.07) is 3.31. The molecule has 1 radical (unpaired) electrons. The van der Waals surface area contributed by atoms with Crippen molar-refractivity contribution >= 4 is 10.0 Å². The quantitative estimate of drug-likeness (QED) is 0.761. The lowest BCUT2D eigenvalue weighted by Gasteiger charge is -2.21. The van der Waals surface area contributed by atoms with Gasteiger partial charge in [-0.2, -0.15) is 0 Å². The van der Waals surface area contributed by atoms with Gasteiger partial charge in [0, 0.05) is 6.54 Å². The molecule has 0 atom stereocenters. The van der Waals surface area contributed by atoms with E-state index < -0.39 is 10.0 Å². The van der Waals surface area contributed by atoms with Gasteiger partial charge in [0.05, 0.1) is 4.90 Å². The average molecular weight is 225 g/mol. The Morgan fingerprint density at radius 1 is 1.33 bits per heavy atom. The van der Waals surface area contributed by atoms with Crippen molar-refractivity contribution in [2.45, 2.75) is 24.8 Å². The second kappa shape index (κ2) is 3.59. The van der Waals surface area contributed by atoms with Crippen molar-refractivity contribution in [3.05, 3.63) is 28.8 Å². The maximum atomic E-state index is 11.3. The van der Waals surface area contributed by atoms with Crippen LogP contribution in [0.1, 0.15) is 16.7 Å². The van der Waals surface area contributed by atoms with Gasteiger partial charge in [-0.3, -0.25) is 0 Å². The first-order chi connectivity index (χ1) is 7.00. The van der Waals surface area contributed by atoms with E-state index in [2.05, 4.69) is 5.32 Å². The predicted molar refractivity (Wildman–Crippen MR) is 56.9 cm³/mol. The summed E-state index contributed by atoms with van der Waals surface area (Å²) in [5.74, 6) is 0. The number of hydrogen-bond acceptors (Lipinski definition) is 3. The van der Waals surface area contributed by atoms with Crippen LogP contribution in [-0.2, 0) is 23.0 Å². The topological polar surface area (TPSA) is 70.0 Å². The molecule has 1 aliphatic rings. The summed E-state index contributed by atoms with van der Waals surface area (Å²) in [4.78, 5) is 0.148. The van der Waals surface area contributed by atoms with E-state index in [1.807, 2.05) is 6.92 Å². The van der Waals surface area contributed by atoms with Crippen LogP contribution in [0.15, 0.2) is 17.0 Å². The molecular formula is C10H13N2O2S. The molecule has 4 nitrogen and oxygen atoms in total. The Labute approximate surface area is 89.5 Å². The number of benzene rings is 1. The molecule has 0 aliphatic carbocycles. The van der Waals surface area contributed by atoms with Crippen LogP contribution in [-0.4, -0.2) is 15.0 Å². The molecule has 0 bridgehead atoms. The van der Waals surface area contributed by atoms with Crippen molar-refractivity contribution in [3.63, 3.8) is 0 Å². The molecule has 1 aromatic rings. The molecule has 0 aromatic heterocycles. The average Bonchev–Trinajstić information content (AvgIpc) is 2.17. The lowest BCUT2D eigenvalue weighted by Crippen LogP contribution is -2.26. The number of sulfonamides is 1. The van der Waals surface area contributed by atoms with E-state index in [1.54, 1.807) is 6.07 Å². The fourth-order valence-electron chi connectivity index (χ4n) is 2.01. The fourth-order valence-corrected chi connectivity index (χ4v) is 2.78. The highest BCUT2D eigenvalue weighted by molar-refractivity contribution is 7.88. The third-order valence-corrected chi connectivity index (χ3v) is 3.73. The molecule has 2 rings (SSSR count). The zero-order chi connectivity index (χ0) is 11.1. The first-order valence-electron chi connectivity index (χ1n) is 4.82. The summed E-state index contributed by atoms with van der Waals surface area (Å²) >= 11 is 0. The van der Waals surface area contributed by atoms with Gasteiger partial charge in [-0.25, -0.2) is 8.42 Å². The van der Waals surface area contributed by atoms with E-state index in [4.69, 9.17) is 5.14 Å². The van der Waals surface area contributed by atoms with Gasteiger partial charge in [0.25, 0.3) is 10.0 Å². The molecule has 0 spiro atoms. The Balaban J connectivity index is 2.69. The highest BCUT2D eigenvalue weighted by Gasteiger charge is 2.20. The summed E-state index contributed by atoms with van der Waals surface area (Å²) in [7, 11) is -3.85. The molecule has 0 saturated heterocycles. The van der Waals surface area contributed by atoms with E-state index in [9.17, 15) is 8.42 Å². The molecule has 0 amide bonds. The van der Waals surface area contributed by atoms with E-state index in [0.717, 1.165) is 29.7 Å². The number of nitrogens with one attached hydrogen (secondary N) is 2. The monoisotopic (exact) mass is 225 g/mol. The second-order valence-corrected chi connectivity index (χ2v) is 5.21. The van der Waals surface area contributed by atoms with Crippen molar-refractivity contribution in [1.82, 2.24) is 10.5 Å². The summed E-state index contributed by atoms with van der Waals surface area (Å²) in [6.07, 6.45) is 0.838. The van der Waals surface area contributed by atoms with Crippen molar-refractivity contribution in [2.75, 3.05) is 6.54 Å². The number of hydrogen-bond donors (Lipinski definition) is 1. The van der Waals surface area contributed by atoms with Crippen LogP contribution in [0.2, 0.25) is 0 Å². The fraction of sp³-hybridized carbons (Fsp3) is 0.400. The van der Waals surface area contributed by atoms with Gasteiger partial charge in [-0.05, 0) is 42.6 Å². The molecule has 1 heterocycles. The van der Waals surface area contributed by atoms with E-state index in [-0.39, 0.29) is 4.90 Å². The van der Waals surface area contributed by atoms with Crippen LogP contribution in [0.5, 0.6) is 0 Å². The Morgan fingerprint density at radius 2 is 2.07 bits per heavy atom. The van der Waals surface area contributed by atoms with Gasteiger partial charge in [0.15, 0.2) is 0 Å². The van der Waals surface area contributed by atoms with Crippen molar-refractivity contribution < 1.29 is 8.42 Å². The Morgan fingerprint density at radius 3 is 2.73 bits per heavy atom. The zero-order valence-corrected chi connectivity index (χ0v) is 9.32. The zero-order valence-electron chi connectivity index (χ0n) is 8.50. The van der Waals surface area contributed by atoms with Crippen molar-refractivity contribution in [2.24, 2.45) is 0 Å². The second-order valence-electron chi connectivity index (χ2n) is 3.77. The normalized spacial score (nSPS) is 16.1. The van der Waals surface area contributed by atoms with Crippen LogP contribution in [0, 0.1) is 6.92 Å². The summed E-state index contributed by atoms with van der Waals surface area (Å²) in [5.41, 5.74) is 2.97. The summed E-state index contributed by atoms with van der Waals surface area (Å²) < 4.78 is 22.5. The SMILES string of the molecule is Cc1ccc(S([NH])(=O)=O)c2c1CCNC2. The van der Waals surface area contributed by atoms with Crippen LogP contribution in [0.4, 0.5) is 0 Å². The maximum Gasteiger partial charge on any atom is 0.254 e. The predicted octanol–water partition coefficient (Wildman–Crippen LogP) is 0.612. The number of aryl methyl sites for hydroxylation is 1. The molecule has 0 unspecified atom stereocenters. The smallest absolute Gasteiger partial charge is 0.254 e. The summed E-state index contributed by atoms with van der Waals surface area (Å²) in [5, 5.41) is 10.3. The maximum absolute atomic E-state index is 11.3. The lowest BCUT2D eigenvalue weighted by atomic mass is 9.96. The number of fused-ring (bicyclic) bond motifs is 1. The van der Waals surface area contributed by atoms with Crippen molar-refractivity contribution in [1.29, 1.82) is 0 Å². The minimum atomic E-state index is -3.85. The van der Waals surface area contributed by atoms with Crippen LogP contribution >= 0.6 is 0 Å². The Hall–Kier alpha value is -0.910. The summed E-state index contributed by atoms with van der Waals surface area (Å²) in [6.45, 7) is 3.39. The Kier molecular flexibility index (Phi) is 2.54. The van der Waals surface area contributed by atoms with E-state index >= 15 is 0 Å². The highest BCUT2D eigenvalue weighted by Crippen LogP contribution is 2.25. The molecule has 0 fully saturated rings. The van der Waals surface area contributed by atoms with Gasteiger partial charge in [0.1, 0.15) is 0 Å². The van der Waals surface area contributed by atoms with Gasteiger partial charge in [-0.1, -0.05) is 6.07 Å². The van der Waals surface area contributed by atoms with Gasteiger partial charge in [-0.15, -0.1) is 5.14 Å². The van der Waals surface area contributed by atoms with Crippen LogP contribution < -0.4 is 10.5 Å². The van der Waals surface area contributed by atoms with Crippen LogP contribution in [0.25, 0.3) is 0 Å². The molecule has 1 aromatic carbocycles. The van der Waals surface area contributed by atoms with Crippen molar-refractivity contribution in [3.8, 4) is 0 Å². The largest absolute Gasteiger partial charge is 0.312 e. The minimum absolute atomic E-state index is 0.148. The minimum Gasteiger partial charge on any atom is -0.312 e. The Bertz CT molecular complexity index is 494. The highest BCUT2D eigenvalue weighted by atomic mass is 32.2. The molecule has 81 valence electrons.